The van der Waals surface area contributed by atoms with Crippen molar-refractivity contribution in [2.24, 2.45) is 0 Å². The van der Waals surface area contributed by atoms with Crippen LogP contribution in [0, 0.1) is 5.82 Å². The summed E-state index contributed by atoms with van der Waals surface area (Å²) in [6, 6.07) is 14.0. The summed E-state index contributed by atoms with van der Waals surface area (Å²) in [7, 11) is 3.25. The minimum absolute atomic E-state index is 0.0745. The smallest absolute Gasteiger partial charge is 0.414 e. The van der Waals surface area contributed by atoms with E-state index in [1.165, 1.54) is 11.0 Å². The number of hydrogen-bond donors (Lipinski definition) is 0. The van der Waals surface area contributed by atoms with Crippen LogP contribution >= 0.6 is 0 Å². The van der Waals surface area contributed by atoms with Gasteiger partial charge in [0.15, 0.2) is 0 Å². The maximum atomic E-state index is 15.0. The summed E-state index contributed by atoms with van der Waals surface area (Å²) in [6.45, 7) is 6.73. The second-order valence-electron chi connectivity index (χ2n) is 9.21. The first-order valence-corrected chi connectivity index (χ1v) is 11.0. The summed E-state index contributed by atoms with van der Waals surface area (Å²) in [6.07, 6.45) is -0.241. The van der Waals surface area contributed by atoms with E-state index >= 15 is 0 Å². The van der Waals surface area contributed by atoms with E-state index in [1.54, 1.807) is 31.1 Å². The Balaban J connectivity index is 1.60. The van der Waals surface area contributed by atoms with Gasteiger partial charge in [-0.15, -0.1) is 0 Å². The summed E-state index contributed by atoms with van der Waals surface area (Å²) in [4.78, 5) is 29.5. The molecule has 2 amide bonds. The maximum Gasteiger partial charge on any atom is 0.414 e. The van der Waals surface area contributed by atoms with Gasteiger partial charge in [-0.25, -0.2) is 14.0 Å². The Labute approximate surface area is 194 Å². The number of benzene rings is 2. The normalized spacial score (nSPS) is 15.8. The van der Waals surface area contributed by atoms with Gasteiger partial charge in [0.25, 0.3) is 0 Å². The van der Waals surface area contributed by atoms with Gasteiger partial charge in [0.1, 0.15) is 18.0 Å². The summed E-state index contributed by atoms with van der Waals surface area (Å²) in [5.41, 5.74) is 1.14. The van der Waals surface area contributed by atoms with Crippen LogP contribution in [0.25, 0.3) is 0 Å². The number of carbonyl (C=O) groups is 2. The lowest BCUT2D eigenvalue weighted by Crippen LogP contribution is -2.42. The Morgan fingerprint density at radius 2 is 1.79 bits per heavy atom. The van der Waals surface area contributed by atoms with E-state index in [-0.39, 0.29) is 18.7 Å². The van der Waals surface area contributed by atoms with Gasteiger partial charge < -0.3 is 19.3 Å². The lowest BCUT2D eigenvalue weighted by atomic mass is 10.2. The highest BCUT2D eigenvalue weighted by molar-refractivity contribution is 5.87. The highest BCUT2D eigenvalue weighted by Crippen LogP contribution is 2.29. The van der Waals surface area contributed by atoms with E-state index < -0.39 is 17.5 Å². The highest BCUT2D eigenvalue weighted by atomic mass is 19.1. The summed E-state index contributed by atoms with van der Waals surface area (Å²) in [5, 5.41) is 0. The van der Waals surface area contributed by atoms with E-state index in [2.05, 4.69) is 0 Å². The predicted molar refractivity (Wildman–Crippen MR) is 126 cm³/mol. The number of carbonyl (C=O) groups excluding carboxylic acids is 2. The number of rotatable bonds is 5. The Bertz CT molecular complexity index is 977. The van der Waals surface area contributed by atoms with E-state index in [0.29, 0.717) is 30.9 Å². The Kier molecular flexibility index (Phi) is 7.46. The number of halogens is 1. The van der Waals surface area contributed by atoms with E-state index in [4.69, 9.17) is 9.47 Å². The summed E-state index contributed by atoms with van der Waals surface area (Å²) in [5.74, 6) is -0.434. The monoisotopic (exact) mass is 457 g/mol. The molecule has 178 valence electrons. The topological polar surface area (TPSA) is 62.3 Å². The molecule has 1 saturated heterocycles. The zero-order valence-electron chi connectivity index (χ0n) is 19.9. The average molecular weight is 458 g/mol. The summed E-state index contributed by atoms with van der Waals surface area (Å²) >= 11 is 0. The van der Waals surface area contributed by atoms with Crippen LogP contribution < -0.4 is 9.80 Å². The molecule has 3 rings (SSSR count). The molecule has 0 aromatic heterocycles. The molecular weight excluding hydrogens is 425 g/mol. The fourth-order valence-corrected chi connectivity index (χ4v) is 3.64. The zero-order chi connectivity index (χ0) is 24.2. The Morgan fingerprint density at radius 3 is 2.42 bits per heavy atom. The zero-order valence-corrected chi connectivity index (χ0v) is 19.9. The minimum atomic E-state index is -0.570. The molecule has 2 aromatic carbocycles. The average Bonchev–Trinajstić information content (AvgIpc) is 3.25. The largest absolute Gasteiger partial charge is 0.444 e. The SMILES string of the molecule is CN(C(=O)OCc1ccccc1)c1ccc(N2CC[C@@H](N(C)C(=O)OC(C)(C)C)C2)c(F)c1. The molecule has 1 atom stereocenters. The second kappa shape index (κ2) is 10.1. The molecule has 1 fully saturated rings. The van der Waals surface area contributed by atoms with E-state index in [9.17, 15) is 14.0 Å². The molecule has 0 spiro atoms. The van der Waals surface area contributed by atoms with Crippen LogP contribution in [-0.2, 0) is 16.1 Å². The fraction of sp³-hybridized carbons (Fsp3) is 0.440. The van der Waals surface area contributed by atoms with Gasteiger partial charge in [-0.05, 0) is 51.0 Å². The third-order valence-electron chi connectivity index (χ3n) is 5.53. The molecule has 1 heterocycles. The van der Waals surface area contributed by atoms with Gasteiger partial charge in [0.05, 0.1) is 11.7 Å². The van der Waals surface area contributed by atoms with Crippen LogP contribution in [0.5, 0.6) is 0 Å². The van der Waals surface area contributed by atoms with Gasteiger partial charge >= 0.3 is 12.2 Å². The molecule has 2 aromatic rings. The molecule has 7 nitrogen and oxygen atoms in total. The third-order valence-corrected chi connectivity index (χ3v) is 5.53. The highest BCUT2D eigenvalue weighted by Gasteiger charge is 2.32. The number of nitrogens with zero attached hydrogens (tertiary/aromatic N) is 3. The Morgan fingerprint density at radius 1 is 1.09 bits per heavy atom. The van der Waals surface area contributed by atoms with Crippen LogP contribution in [0.1, 0.15) is 32.8 Å². The predicted octanol–water partition coefficient (Wildman–Crippen LogP) is 5.04. The van der Waals surface area contributed by atoms with Gasteiger partial charge in [0.2, 0.25) is 0 Å². The third kappa shape index (κ3) is 6.37. The maximum absolute atomic E-state index is 15.0. The number of likely N-dealkylation sites (N-methyl/N-ethyl adjacent to an activating group) is 1. The lowest BCUT2D eigenvalue weighted by molar-refractivity contribution is 0.0238. The van der Waals surface area contributed by atoms with E-state index in [0.717, 1.165) is 5.56 Å². The number of ether oxygens (including phenoxy) is 2. The first kappa shape index (κ1) is 24.4. The summed E-state index contributed by atoms with van der Waals surface area (Å²) < 4.78 is 25.7. The van der Waals surface area contributed by atoms with Gasteiger partial charge in [-0.3, -0.25) is 4.90 Å². The molecule has 0 N–H and O–H groups in total. The van der Waals surface area contributed by atoms with Crippen LogP contribution in [0.2, 0.25) is 0 Å². The number of amides is 2. The molecular formula is C25H32FN3O4. The molecule has 0 radical (unpaired) electrons. The van der Waals surface area contributed by atoms with Crippen molar-refractivity contribution in [3.05, 3.63) is 59.9 Å². The van der Waals surface area contributed by atoms with Crippen LogP contribution in [0.15, 0.2) is 48.5 Å². The fourth-order valence-electron chi connectivity index (χ4n) is 3.64. The molecule has 0 saturated carbocycles. The molecule has 33 heavy (non-hydrogen) atoms. The van der Waals surface area contributed by atoms with Crippen molar-refractivity contribution in [1.29, 1.82) is 0 Å². The quantitative estimate of drug-likeness (QED) is 0.629. The van der Waals surface area contributed by atoms with Crippen LogP contribution in [-0.4, -0.2) is 55.9 Å². The van der Waals surface area contributed by atoms with Crippen molar-refractivity contribution in [2.45, 2.75) is 45.4 Å². The number of hydrogen-bond acceptors (Lipinski definition) is 5. The molecule has 0 bridgehead atoms. The first-order valence-electron chi connectivity index (χ1n) is 11.0. The van der Waals surface area contributed by atoms with Crippen molar-refractivity contribution >= 4 is 23.6 Å². The second-order valence-corrected chi connectivity index (χ2v) is 9.21. The van der Waals surface area contributed by atoms with Crippen molar-refractivity contribution in [3.8, 4) is 0 Å². The van der Waals surface area contributed by atoms with Crippen LogP contribution in [0.4, 0.5) is 25.4 Å². The Hall–Kier alpha value is -3.29. The first-order chi connectivity index (χ1) is 15.5. The molecule has 1 aliphatic rings. The van der Waals surface area contributed by atoms with Crippen molar-refractivity contribution in [3.63, 3.8) is 0 Å². The van der Waals surface area contributed by atoms with Gasteiger partial charge in [0, 0.05) is 32.9 Å². The van der Waals surface area contributed by atoms with Gasteiger partial charge in [-0.2, -0.15) is 0 Å². The molecule has 0 aliphatic carbocycles. The molecule has 8 heteroatoms. The van der Waals surface area contributed by atoms with Crippen molar-refractivity contribution in [1.82, 2.24) is 4.90 Å². The lowest BCUT2D eigenvalue weighted by Gasteiger charge is -2.29. The van der Waals surface area contributed by atoms with Crippen molar-refractivity contribution in [2.75, 3.05) is 37.0 Å². The minimum Gasteiger partial charge on any atom is -0.444 e. The van der Waals surface area contributed by atoms with Crippen LogP contribution in [0.3, 0.4) is 0 Å². The van der Waals surface area contributed by atoms with E-state index in [1.807, 2.05) is 56.0 Å². The van der Waals surface area contributed by atoms with Crippen molar-refractivity contribution < 1.29 is 23.5 Å². The van der Waals surface area contributed by atoms with Gasteiger partial charge in [-0.1, -0.05) is 30.3 Å². The molecule has 1 aliphatic heterocycles. The number of anilines is 2. The molecule has 0 unspecified atom stereocenters. The standard InChI is InChI=1S/C25H32FN3O4/c1-25(2,3)33-24(31)28(5)20-13-14-29(16-20)22-12-11-19(15-21(22)26)27(4)23(30)32-17-18-9-7-6-8-10-18/h6-12,15,20H,13-14,16-17H2,1-5H3/t20-/m1/s1.